The summed E-state index contributed by atoms with van der Waals surface area (Å²) >= 11 is 3.21. The molecule has 1 aliphatic rings. The van der Waals surface area contributed by atoms with Crippen LogP contribution in [0.1, 0.15) is 15.9 Å². The van der Waals surface area contributed by atoms with Gasteiger partial charge in [-0.15, -0.1) is 0 Å². The van der Waals surface area contributed by atoms with Gasteiger partial charge in [-0.05, 0) is 12.1 Å². The molecule has 0 saturated carbocycles. The van der Waals surface area contributed by atoms with Gasteiger partial charge in [-0.2, -0.15) is 13.2 Å². The van der Waals surface area contributed by atoms with E-state index in [4.69, 9.17) is 4.74 Å². The third-order valence-corrected chi connectivity index (χ3v) is 3.95. The van der Waals surface area contributed by atoms with Crippen LogP contribution in [0, 0.1) is 5.82 Å². The van der Waals surface area contributed by atoms with E-state index in [0.29, 0.717) is 11.4 Å². The zero-order valence-corrected chi connectivity index (χ0v) is 12.4. The summed E-state index contributed by atoms with van der Waals surface area (Å²) in [5.74, 6) is -2.29. The number of amides is 1. The fourth-order valence-electron chi connectivity index (χ4n) is 2.12. The molecule has 2 rings (SSSR count). The summed E-state index contributed by atoms with van der Waals surface area (Å²) in [5, 5.41) is 0.402. The lowest BCUT2D eigenvalue weighted by atomic mass is 10.1. The first-order valence-corrected chi connectivity index (χ1v) is 7.28. The fraction of sp³-hybridized carbons (Fsp3) is 0.462. The van der Waals surface area contributed by atoms with Crippen LogP contribution >= 0.6 is 15.9 Å². The van der Waals surface area contributed by atoms with E-state index in [9.17, 15) is 22.4 Å². The number of morpholine rings is 1. The highest BCUT2D eigenvalue weighted by Crippen LogP contribution is 2.32. The van der Waals surface area contributed by atoms with Crippen molar-refractivity contribution in [2.24, 2.45) is 0 Å². The molecule has 1 saturated heterocycles. The predicted octanol–water partition coefficient (Wildman–Crippen LogP) is 3.08. The Kier molecular flexibility index (Phi) is 4.88. The summed E-state index contributed by atoms with van der Waals surface area (Å²) in [7, 11) is 0. The number of hydrogen-bond donors (Lipinski definition) is 0. The third kappa shape index (κ3) is 3.37. The first-order valence-electron chi connectivity index (χ1n) is 6.16. The van der Waals surface area contributed by atoms with Gasteiger partial charge < -0.3 is 9.64 Å². The highest BCUT2D eigenvalue weighted by atomic mass is 79.9. The maximum Gasteiger partial charge on any atom is 0.419 e. The van der Waals surface area contributed by atoms with E-state index in [2.05, 4.69) is 15.9 Å². The van der Waals surface area contributed by atoms with Crippen LogP contribution < -0.4 is 0 Å². The minimum absolute atomic E-state index is 0.213. The second-order valence-electron chi connectivity index (χ2n) is 4.55. The van der Waals surface area contributed by atoms with Crippen molar-refractivity contribution in [2.45, 2.75) is 12.2 Å². The standard InChI is InChI=1S/C13H12BrF4NO2/c14-6-8-7-21-5-4-19(8)12(20)9-2-1-3-10(11(9)15)13(16,17)18/h1-3,8H,4-7H2. The SMILES string of the molecule is O=C(c1cccc(C(F)(F)F)c1F)N1CCOCC1CBr. The Bertz CT molecular complexity index is 535. The van der Waals surface area contributed by atoms with E-state index in [1.807, 2.05) is 0 Å². The Morgan fingerprint density at radius 1 is 1.43 bits per heavy atom. The van der Waals surface area contributed by atoms with Crippen LogP contribution in [-0.4, -0.2) is 41.9 Å². The first kappa shape index (κ1) is 16.2. The lowest BCUT2D eigenvalue weighted by molar-refractivity contribution is -0.140. The van der Waals surface area contributed by atoms with E-state index >= 15 is 0 Å². The van der Waals surface area contributed by atoms with Gasteiger partial charge in [-0.3, -0.25) is 4.79 Å². The van der Waals surface area contributed by atoms with Gasteiger partial charge in [0.2, 0.25) is 0 Å². The minimum Gasteiger partial charge on any atom is -0.377 e. The number of nitrogens with zero attached hydrogens (tertiary/aromatic N) is 1. The van der Waals surface area contributed by atoms with Crippen molar-refractivity contribution in [1.82, 2.24) is 4.90 Å². The van der Waals surface area contributed by atoms with Crippen molar-refractivity contribution >= 4 is 21.8 Å². The molecule has 0 radical (unpaired) electrons. The van der Waals surface area contributed by atoms with E-state index in [1.54, 1.807) is 0 Å². The highest BCUT2D eigenvalue weighted by molar-refractivity contribution is 9.09. The van der Waals surface area contributed by atoms with Crippen LogP contribution in [0.5, 0.6) is 0 Å². The third-order valence-electron chi connectivity index (χ3n) is 3.20. The molecule has 0 aromatic heterocycles. The fourth-order valence-corrected chi connectivity index (χ4v) is 2.66. The number of alkyl halides is 4. The molecule has 0 aliphatic carbocycles. The molecule has 0 spiro atoms. The van der Waals surface area contributed by atoms with Gasteiger partial charge in [-0.1, -0.05) is 22.0 Å². The molecule has 3 nitrogen and oxygen atoms in total. The molecule has 116 valence electrons. The first-order chi connectivity index (χ1) is 9.86. The summed E-state index contributed by atoms with van der Waals surface area (Å²) in [4.78, 5) is 13.6. The monoisotopic (exact) mass is 369 g/mol. The Morgan fingerprint density at radius 3 is 2.76 bits per heavy atom. The van der Waals surface area contributed by atoms with Crippen molar-refractivity contribution < 1.29 is 27.1 Å². The maximum atomic E-state index is 14.0. The molecular weight excluding hydrogens is 358 g/mol. The highest BCUT2D eigenvalue weighted by Gasteiger charge is 2.37. The summed E-state index contributed by atoms with van der Waals surface area (Å²) in [6.45, 7) is 0.748. The van der Waals surface area contributed by atoms with E-state index in [0.717, 1.165) is 12.1 Å². The lowest BCUT2D eigenvalue weighted by Gasteiger charge is -2.34. The number of carbonyl (C=O) groups excluding carboxylic acids is 1. The summed E-state index contributed by atoms with van der Waals surface area (Å²) in [5.41, 5.74) is -2.00. The van der Waals surface area contributed by atoms with Crippen LogP contribution in [-0.2, 0) is 10.9 Å². The van der Waals surface area contributed by atoms with E-state index in [1.165, 1.54) is 4.90 Å². The normalized spacial score (nSPS) is 19.7. The molecule has 1 aromatic carbocycles. The van der Waals surface area contributed by atoms with Crippen LogP contribution in [0.25, 0.3) is 0 Å². The molecule has 1 amide bonds. The zero-order chi connectivity index (χ0) is 15.6. The van der Waals surface area contributed by atoms with Crippen LogP contribution in [0.4, 0.5) is 17.6 Å². The number of rotatable bonds is 2. The molecule has 1 atom stereocenters. The Labute approximate surface area is 127 Å². The second-order valence-corrected chi connectivity index (χ2v) is 5.19. The lowest BCUT2D eigenvalue weighted by Crippen LogP contribution is -2.49. The average molecular weight is 370 g/mol. The van der Waals surface area contributed by atoms with Gasteiger partial charge in [-0.25, -0.2) is 4.39 Å². The molecule has 1 unspecified atom stereocenters. The molecule has 1 fully saturated rings. The van der Waals surface area contributed by atoms with Crippen LogP contribution in [0.2, 0.25) is 0 Å². The summed E-state index contributed by atoms with van der Waals surface area (Å²) in [6, 6.07) is 2.38. The zero-order valence-electron chi connectivity index (χ0n) is 10.8. The molecule has 1 heterocycles. The van der Waals surface area contributed by atoms with Gasteiger partial charge in [0, 0.05) is 11.9 Å². The van der Waals surface area contributed by atoms with Crippen molar-refractivity contribution in [3.8, 4) is 0 Å². The summed E-state index contributed by atoms with van der Waals surface area (Å²) in [6.07, 6.45) is -4.83. The maximum absolute atomic E-state index is 14.0. The molecule has 0 N–H and O–H groups in total. The minimum atomic E-state index is -4.83. The quantitative estimate of drug-likeness (QED) is 0.592. The Morgan fingerprint density at radius 2 is 2.14 bits per heavy atom. The van der Waals surface area contributed by atoms with Crippen LogP contribution in [0.15, 0.2) is 18.2 Å². The number of hydrogen-bond acceptors (Lipinski definition) is 2. The summed E-state index contributed by atoms with van der Waals surface area (Å²) < 4.78 is 57.2. The molecule has 8 heteroatoms. The van der Waals surface area contributed by atoms with E-state index < -0.39 is 29.0 Å². The van der Waals surface area contributed by atoms with Gasteiger partial charge in [0.25, 0.3) is 5.91 Å². The molecule has 1 aromatic rings. The largest absolute Gasteiger partial charge is 0.419 e. The second kappa shape index (κ2) is 6.31. The number of benzene rings is 1. The molecule has 21 heavy (non-hydrogen) atoms. The predicted molar refractivity (Wildman–Crippen MR) is 70.8 cm³/mol. The van der Waals surface area contributed by atoms with Gasteiger partial charge in [0.15, 0.2) is 0 Å². The number of halogens is 5. The molecule has 1 aliphatic heterocycles. The van der Waals surface area contributed by atoms with Crippen LogP contribution in [0.3, 0.4) is 0 Å². The van der Waals surface area contributed by atoms with Gasteiger partial charge >= 0.3 is 6.18 Å². The van der Waals surface area contributed by atoms with Gasteiger partial charge in [0.05, 0.1) is 30.4 Å². The van der Waals surface area contributed by atoms with Crippen molar-refractivity contribution in [1.29, 1.82) is 0 Å². The van der Waals surface area contributed by atoms with Crippen molar-refractivity contribution in [3.05, 3.63) is 35.1 Å². The topological polar surface area (TPSA) is 29.5 Å². The molecule has 0 bridgehead atoms. The average Bonchev–Trinajstić information content (AvgIpc) is 2.45. The van der Waals surface area contributed by atoms with E-state index in [-0.39, 0.29) is 25.8 Å². The Hall–Kier alpha value is -1.15. The van der Waals surface area contributed by atoms with Gasteiger partial charge in [0.1, 0.15) is 5.82 Å². The van der Waals surface area contributed by atoms with Crippen molar-refractivity contribution in [2.75, 3.05) is 25.1 Å². The molecular formula is C13H12BrF4NO2. The number of ether oxygens (including phenoxy) is 1. The smallest absolute Gasteiger partial charge is 0.377 e. The Balaban J connectivity index is 2.35. The number of carbonyl (C=O) groups is 1. The van der Waals surface area contributed by atoms with Crippen molar-refractivity contribution in [3.63, 3.8) is 0 Å².